The third kappa shape index (κ3) is 4.23. The number of anilines is 2. The lowest BCUT2D eigenvalue weighted by molar-refractivity contribution is 0.419. The van der Waals surface area contributed by atoms with E-state index in [0.29, 0.717) is 45.3 Å². The maximum atomic E-state index is 6.27. The van der Waals surface area contributed by atoms with Crippen LogP contribution < -0.4 is 15.8 Å². The monoisotopic (exact) mass is 490 g/mol. The maximum Gasteiger partial charge on any atom is 0.239 e. The van der Waals surface area contributed by atoms with E-state index in [4.69, 9.17) is 43.6 Å². The van der Waals surface area contributed by atoms with E-state index in [1.807, 2.05) is 42.5 Å². The largest absolute Gasteiger partial charge is 0.494 e. The van der Waals surface area contributed by atoms with Crippen LogP contribution in [-0.4, -0.2) is 26.6 Å². The third-order valence-electron chi connectivity index (χ3n) is 5.36. The van der Waals surface area contributed by atoms with Crippen molar-refractivity contribution in [2.24, 2.45) is 0 Å². The molecule has 170 valence electrons. The lowest BCUT2D eigenvalue weighted by Gasteiger charge is -2.13. The summed E-state index contributed by atoms with van der Waals surface area (Å²) in [5, 5.41) is 5.17. The number of nitrogen functional groups attached to an aromatic ring is 1. The maximum absolute atomic E-state index is 6.27. The second-order valence-corrected chi connectivity index (χ2v) is 8.37. The molecule has 34 heavy (non-hydrogen) atoms. The normalized spacial score (nSPS) is 11.0. The van der Waals surface area contributed by atoms with Crippen LogP contribution >= 0.6 is 23.2 Å². The summed E-state index contributed by atoms with van der Waals surface area (Å²) in [6, 6.07) is 21.1. The third-order valence-corrected chi connectivity index (χ3v) is 6.10. The highest BCUT2D eigenvalue weighted by Crippen LogP contribution is 2.32. The molecule has 0 fully saturated rings. The Morgan fingerprint density at radius 3 is 2.53 bits per heavy atom. The second-order valence-electron chi connectivity index (χ2n) is 7.55. The van der Waals surface area contributed by atoms with Crippen LogP contribution in [0.4, 0.5) is 11.8 Å². The van der Waals surface area contributed by atoms with Crippen LogP contribution in [0.1, 0.15) is 5.56 Å². The minimum Gasteiger partial charge on any atom is -0.494 e. The molecule has 2 aromatic heterocycles. The molecule has 0 saturated heterocycles. The van der Waals surface area contributed by atoms with Gasteiger partial charge in [-0.05, 0) is 29.8 Å². The Morgan fingerprint density at radius 1 is 0.941 bits per heavy atom. The van der Waals surface area contributed by atoms with Gasteiger partial charge in [0.15, 0.2) is 0 Å². The molecule has 0 unspecified atom stereocenters. The molecule has 0 saturated carbocycles. The van der Waals surface area contributed by atoms with Crippen LogP contribution in [-0.2, 0) is 6.54 Å². The van der Waals surface area contributed by atoms with Gasteiger partial charge >= 0.3 is 0 Å². The summed E-state index contributed by atoms with van der Waals surface area (Å²) in [4.78, 5) is 14.0. The van der Waals surface area contributed by atoms with Gasteiger partial charge in [0, 0.05) is 23.7 Å². The fourth-order valence-corrected chi connectivity index (χ4v) is 3.95. The number of aromatic nitrogens is 4. The van der Waals surface area contributed by atoms with Gasteiger partial charge in [-0.15, -0.1) is 0 Å². The first-order valence-corrected chi connectivity index (χ1v) is 11.2. The molecule has 5 rings (SSSR count). The fourth-order valence-electron chi connectivity index (χ4n) is 3.65. The number of para-hydroxylation sites is 1. The van der Waals surface area contributed by atoms with Crippen molar-refractivity contribution >= 4 is 45.9 Å². The molecule has 3 N–H and O–H groups in total. The summed E-state index contributed by atoms with van der Waals surface area (Å²) in [5.74, 6) is 1.90. The molecular weight excluding hydrogens is 471 g/mol. The topological polar surface area (TPSA) is 90.9 Å². The van der Waals surface area contributed by atoms with Gasteiger partial charge in [0.2, 0.25) is 11.9 Å². The van der Waals surface area contributed by atoms with Gasteiger partial charge in [0.25, 0.3) is 0 Å². The summed E-state index contributed by atoms with van der Waals surface area (Å²) < 4.78 is 7.20. The molecular formula is C25H20Cl2N6O. The molecule has 0 aliphatic carbocycles. The molecule has 0 atom stereocenters. The molecule has 0 aliphatic rings. The minimum absolute atomic E-state index is 0.240. The Bertz CT molecular complexity index is 1490. The van der Waals surface area contributed by atoms with E-state index in [9.17, 15) is 0 Å². The Hall–Kier alpha value is -3.81. The van der Waals surface area contributed by atoms with E-state index in [0.717, 1.165) is 16.5 Å². The number of methoxy groups -OCH3 is 1. The molecule has 7 nitrogen and oxygen atoms in total. The average Bonchev–Trinajstić information content (AvgIpc) is 3.25. The lowest BCUT2D eigenvalue weighted by atomic mass is 10.2. The van der Waals surface area contributed by atoms with Crippen LogP contribution in [0.3, 0.4) is 0 Å². The molecule has 2 heterocycles. The van der Waals surface area contributed by atoms with Gasteiger partial charge in [-0.1, -0.05) is 65.7 Å². The molecule has 3 aromatic carbocycles. The number of nitrogens with zero attached hydrogens (tertiary/aromatic N) is 4. The summed E-state index contributed by atoms with van der Waals surface area (Å²) in [7, 11) is 1.61. The lowest BCUT2D eigenvalue weighted by Crippen LogP contribution is -2.09. The molecule has 0 radical (unpaired) electrons. The van der Waals surface area contributed by atoms with Crippen LogP contribution in [0.5, 0.6) is 5.75 Å². The van der Waals surface area contributed by atoms with E-state index >= 15 is 0 Å². The zero-order valence-electron chi connectivity index (χ0n) is 18.2. The number of benzene rings is 3. The average molecular weight is 491 g/mol. The van der Waals surface area contributed by atoms with Crippen molar-refractivity contribution in [2.45, 2.75) is 6.54 Å². The molecule has 0 bridgehead atoms. The SMILES string of the molecule is COc1cccc2c(NCc3ccccc3)nc(-n3cc(-c4ccc(Cl)c(Cl)c4)nc3N)nc12. The highest BCUT2D eigenvalue weighted by atomic mass is 35.5. The summed E-state index contributed by atoms with van der Waals surface area (Å²) in [6.07, 6.45) is 1.77. The van der Waals surface area contributed by atoms with Crippen LogP contribution in [0.2, 0.25) is 10.0 Å². The predicted octanol–water partition coefficient (Wildman–Crippen LogP) is 5.99. The van der Waals surface area contributed by atoms with Gasteiger partial charge in [-0.25, -0.2) is 9.97 Å². The molecule has 9 heteroatoms. The Balaban J connectivity index is 1.60. The van der Waals surface area contributed by atoms with Crippen LogP contribution in [0.15, 0.2) is 72.9 Å². The second kappa shape index (κ2) is 9.21. The van der Waals surface area contributed by atoms with Crippen molar-refractivity contribution in [2.75, 3.05) is 18.2 Å². The van der Waals surface area contributed by atoms with Crippen molar-refractivity contribution in [3.63, 3.8) is 0 Å². The molecule has 0 amide bonds. The number of halogens is 2. The van der Waals surface area contributed by atoms with Crippen molar-refractivity contribution in [1.82, 2.24) is 19.5 Å². The predicted molar refractivity (Wildman–Crippen MR) is 137 cm³/mol. The summed E-state index contributed by atoms with van der Waals surface area (Å²) >= 11 is 12.2. The van der Waals surface area contributed by atoms with Crippen molar-refractivity contribution in [3.8, 4) is 23.0 Å². The first-order chi connectivity index (χ1) is 16.5. The first-order valence-electron chi connectivity index (χ1n) is 10.5. The Morgan fingerprint density at radius 2 is 1.76 bits per heavy atom. The van der Waals surface area contributed by atoms with Gasteiger partial charge in [0.1, 0.15) is 17.1 Å². The van der Waals surface area contributed by atoms with Crippen LogP contribution in [0.25, 0.3) is 28.1 Å². The van der Waals surface area contributed by atoms with Gasteiger partial charge in [-0.3, -0.25) is 4.57 Å². The number of imidazole rings is 1. The molecule has 0 spiro atoms. The first kappa shape index (κ1) is 22.0. The highest BCUT2D eigenvalue weighted by Gasteiger charge is 2.16. The summed E-state index contributed by atoms with van der Waals surface area (Å²) in [5.41, 5.74) is 9.46. The quantitative estimate of drug-likeness (QED) is 0.303. The van der Waals surface area contributed by atoms with Gasteiger partial charge in [0.05, 0.1) is 22.8 Å². The molecule has 0 aliphatic heterocycles. The standard InChI is InChI=1S/C25H20Cl2N6O/c1-34-21-9-5-8-17-22(21)31-25(32-23(17)29-13-15-6-3-2-4-7-15)33-14-20(30-24(33)28)16-10-11-18(26)19(27)12-16/h2-12,14H,13H2,1H3,(H2,28,30)(H,29,31,32). The van der Waals surface area contributed by atoms with Crippen molar-refractivity contribution < 1.29 is 4.74 Å². The number of hydrogen-bond donors (Lipinski definition) is 2. The summed E-state index contributed by atoms with van der Waals surface area (Å²) in [6.45, 7) is 0.595. The van der Waals surface area contributed by atoms with E-state index in [1.54, 1.807) is 30.0 Å². The number of fused-ring (bicyclic) bond motifs is 1. The number of nitrogens with one attached hydrogen (secondary N) is 1. The van der Waals surface area contributed by atoms with E-state index in [1.165, 1.54) is 0 Å². The molecule has 5 aromatic rings. The van der Waals surface area contributed by atoms with E-state index < -0.39 is 0 Å². The number of rotatable bonds is 6. The van der Waals surface area contributed by atoms with Gasteiger partial charge < -0.3 is 15.8 Å². The smallest absolute Gasteiger partial charge is 0.239 e. The number of hydrogen-bond acceptors (Lipinski definition) is 6. The van der Waals surface area contributed by atoms with E-state index in [-0.39, 0.29) is 5.95 Å². The fraction of sp³-hybridized carbons (Fsp3) is 0.0800. The number of ether oxygens (including phenoxy) is 1. The number of nitrogens with two attached hydrogens (primary N) is 1. The Kier molecular flexibility index (Phi) is 5.96. The zero-order chi connectivity index (χ0) is 23.7. The minimum atomic E-state index is 0.240. The zero-order valence-corrected chi connectivity index (χ0v) is 19.7. The highest BCUT2D eigenvalue weighted by molar-refractivity contribution is 6.42. The van der Waals surface area contributed by atoms with Gasteiger partial charge in [-0.2, -0.15) is 4.98 Å². The van der Waals surface area contributed by atoms with Crippen molar-refractivity contribution in [3.05, 3.63) is 88.5 Å². The van der Waals surface area contributed by atoms with E-state index in [2.05, 4.69) is 22.4 Å². The van der Waals surface area contributed by atoms with Crippen molar-refractivity contribution in [1.29, 1.82) is 0 Å². The Labute approximate surface area is 206 Å². The van der Waals surface area contributed by atoms with Crippen LogP contribution in [0, 0.1) is 0 Å².